The Morgan fingerprint density at radius 3 is 2.59 bits per heavy atom. The summed E-state index contributed by atoms with van der Waals surface area (Å²) in [7, 11) is 2.05. The maximum atomic E-state index is 5.60. The van der Waals surface area contributed by atoms with Crippen molar-refractivity contribution in [2.45, 2.75) is 57.2 Å². The number of hydrogen-bond acceptors (Lipinski definition) is 3. The van der Waals surface area contributed by atoms with Crippen molar-refractivity contribution in [3.8, 4) is 0 Å². The summed E-state index contributed by atoms with van der Waals surface area (Å²) in [5.74, 6) is 6.41. The minimum atomic E-state index is 0.252. The van der Waals surface area contributed by atoms with Gasteiger partial charge < -0.3 is 9.64 Å². The molecule has 1 saturated heterocycles. The van der Waals surface area contributed by atoms with Gasteiger partial charge in [0.15, 0.2) is 0 Å². The van der Waals surface area contributed by atoms with Crippen molar-refractivity contribution in [2.24, 2.45) is 10.8 Å². The molecular formula is C12H24N4O. The lowest BCUT2D eigenvalue weighted by Crippen LogP contribution is -2.50. The number of aliphatic imine (C=N–C) groups is 1. The molecule has 1 aliphatic heterocycles. The maximum absolute atomic E-state index is 5.60. The predicted octanol–water partition coefficient (Wildman–Crippen LogP) is 0.858. The lowest BCUT2D eigenvalue weighted by molar-refractivity contribution is 0.0990. The highest BCUT2D eigenvalue weighted by atomic mass is 16.5. The second kappa shape index (κ2) is 5.69. The van der Waals surface area contributed by atoms with Gasteiger partial charge in [0.1, 0.15) is 0 Å². The monoisotopic (exact) mass is 240 g/mol. The number of guanidine groups is 1. The van der Waals surface area contributed by atoms with Gasteiger partial charge in [-0.1, -0.05) is 12.8 Å². The van der Waals surface area contributed by atoms with Gasteiger partial charge in [-0.25, -0.2) is 10.8 Å². The Kier molecular flexibility index (Phi) is 4.23. The second-order valence-corrected chi connectivity index (χ2v) is 5.08. The Bertz CT molecular complexity index is 276. The van der Waals surface area contributed by atoms with Gasteiger partial charge in [-0.15, -0.1) is 0 Å². The number of likely N-dealkylation sites (N-methyl/N-ethyl adjacent to an activating group) is 1. The zero-order chi connectivity index (χ0) is 12.3. The van der Waals surface area contributed by atoms with E-state index in [1.165, 1.54) is 25.7 Å². The Morgan fingerprint density at radius 2 is 2.06 bits per heavy atom. The molecule has 0 radical (unpaired) electrons. The number of nitrogens with two attached hydrogens (primary N) is 1. The summed E-state index contributed by atoms with van der Waals surface area (Å²) in [4.78, 5) is 6.86. The Balaban J connectivity index is 2.00. The predicted molar refractivity (Wildman–Crippen MR) is 68.6 cm³/mol. The third-order valence-corrected chi connectivity index (χ3v) is 3.93. The van der Waals surface area contributed by atoms with Crippen molar-refractivity contribution in [3.05, 3.63) is 0 Å². The van der Waals surface area contributed by atoms with Crippen LogP contribution in [-0.4, -0.2) is 42.7 Å². The first-order valence-corrected chi connectivity index (χ1v) is 6.61. The molecule has 5 nitrogen and oxygen atoms in total. The van der Waals surface area contributed by atoms with Gasteiger partial charge in [0.05, 0.1) is 18.2 Å². The van der Waals surface area contributed by atoms with Crippen molar-refractivity contribution >= 4 is 5.96 Å². The van der Waals surface area contributed by atoms with Gasteiger partial charge in [-0.3, -0.25) is 5.43 Å². The van der Waals surface area contributed by atoms with E-state index in [1.54, 1.807) is 0 Å². The molecular weight excluding hydrogens is 216 g/mol. The summed E-state index contributed by atoms with van der Waals surface area (Å²) in [5.41, 5.74) is 2.75. The molecule has 17 heavy (non-hydrogen) atoms. The van der Waals surface area contributed by atoms with E-state index in [2.05, 4.69) is 17.2 Å². The second-order valence-electron chi connectivity index (χ2n) is 5.08. The molecule has 2 rings (SSSR count). The van der Waals surface area contributed by atoms with Crippen LogP contribution in [0.25, 0.3) is 0 Å². The molecule has 0 aromatic rings. The van der Waals surface area contributed by atoms with Gasteiger partial charge >= 0.3 is 0 Å². The van der Waals surface area contributed by atoms with Crippen LogP contribution in [0.5, 0.6) is 0 Å². The number of nitrogens with one attached hydrogen (secondary N) is 1. The molecule has 98 valence electrons. The molecule has 2 aliphatic rings. The van der Waals surface area contributed by atoms with Crippen LogP contribution in [0, 0.1) is 0 Å². The number of nitrogens with zero attached hydrogens (tertiary/aromatic N) is 2. The van der Waals surface area contributed by atoms with E-state index in [1.807, 2.05) is 7.05 Å². The molecule has 2 atom stereocenters. The molecule has 5 heteroatoms. The zero-order valence-electron chi connectivity index (χ0n) is 10.9. The van der Waals surface area contributed by atoms with Crippen molar-refractivity contribution in [2.75, 3.05) is 13.7 Å². The molecule has 2 fully saturated rings. The first kappa shape index (κ1) is 12.6. The van der Waals surface area contributed by atoms with Crippen molar-refractivity contribution in [1.29, 1.82) is 0 Å². The van der Waals surface area contributed by atoms with Crippen LogP contribution < -0.4 is 11.3 Å². The Labute approximate surface area is 103 Å². The molecule has 0 aromatic heterocycles. The minimum Gasteiger partial charge on any atom is -0.376 e. The van der Waals surface area contributed by atoms with Crippen LogP contribution in [0.15, 0.2) is 4.99 Å². The molecule has 3 N–H and O–H groups in total. The molecule has 0 spiro atoms. The third kappa shape index (κ3) is 2.90. The average molecular weight is 240 g/mol. The molecule has 0 amide bonds. The third-order valence-electron chi connectivity index (χ3n) is 3.93. The molecule has 0 aromatic carbocycles. The first-order valence-electron chi connectivity index (χ1n) is 6.61. The zero-order valence-corrected chi connectivity index (χ0v) is 10.9. The van der Waals surface area contributed by atoms with E-state index in [9.17, 15) is 0 Å². The highest BCUT2D eigenvalue weighted by Crippen LogP contribution is 2.22. The number of hydrazine groups is 1. The van der Waals surface area contributed by atoms with Crippen LogP contribution >= 0.6 is 0 Å². The molecule has 1 aliphatic carbocycles. The van der Waals surface area contributed by atoms with Crippen molar-refractivity contribution in [3.63, 3.8) is 0 Å². The largest absolute Gasteiger partial charge is 0.376 e. The average Bonchev–Trinajstić information content (AvgIpc) is 2.96. The van der Waals surface area contributed by atoms with Crippen molar-refractivity contribution in [1.82, 2.24) is 10.3 Å². The lowest BCUT2D eigenvalue weighted by Gasteiger charge is -2.29. The summed E-state index contributed by atoms with van der Waals surface area (Å²) in [6.07, 6.45) is 6.26. The van der Waals surface area contributed by atoms with Crippen LogP contribution in [0.1, 0.15) is 39.0 Å². The highest BCUT2D eigenvalue weighted by Gasteiger charge is 2.30. The quantitative estimate of drug-likeness (QED) is 0.325. The van der Waals surface area contributed by atoms with Crippen LogP contribution in [0.4, 0.5) is 0 Å². The smallest absolute Gasteiger partial charge is 0.208 e. The van der Waals surface area contributed by atoms with E-state index in [4.69, 9.17) is 15.6 Å². The van der Waals surface area contributed by atoms with Gasteiger partial charge in [-0.05, 0) is 26.2 Å². The maximum Gasteiger partial charge on any atom is 0.208 e. The number of hydrogen-bond donors (Lipinski definition) is 2. The summed E-state index contributed by atoms with van der Waals surface area (Å²) in [5, 5.41) is 0. The first-order chi connectivity index (χ1) is 8.22. The van der Waals surface area contributed by atoms with Gasteiger partial charge in [-0.2, -0.15) is 0 Å². The standard InChI is InChI=1S/C12H24N4O/c1-9-11(7-8-17-9)16(2)12(15-13)14-10-5-3-4-6-10/h9-11H,3-8,13H2,1-2H3,(H,14,15). The topological polar surface area (TPSA) is 62.9 Å². The number of rotatable bonds is 2. The Morgan fingerprint density at radius 1 is 1.35 bits per heavy atom. The van der Waals surface area contributed by atoms with E-state index < -0.39 is 0 Å². The Hall–Kier alpha value is -0.810. The number of ether oxygens (including phenoxy) is 1. The highest BCUT2D eigenvalue weighted by molar-refractivity contribution is 5.79. The SMILES string of the molecule is CC1OCCC1N(C)C(=NC1CCCC1)NN. The normalized spacial score (nSPS) is 30.9. The summed E-state index contributed by atoms with van der Waals surface area (Å²) >= 11 is 0. The fraction of sp³-hybridized carbons (Fsp3) is 0.917. The van der Waals surface area contributed by atoms with Crippen LogP contribution in [-0.2, 0) is 4.74 Å². The molecule has 2 unspecified atom stereocenters. The summed E-state index contributed by atoms with van der Waals surface area (Å²) < 4.78 is 5.59. The van der Waals surface area contributed by atoms with Crippen LogP contribution in [0.2, 0.25) is 0 Å². The molecule has 1 saturated carbocycles. The van der Waals surface area contributed by atoms with E-state index in [-0.39, 0.29) is 6.10 Å². The van der Waals surface area contributed by atoms with E-state index in [0.717, 1.165) is 19.0 Å². The molecule has 1 heterocycles. The van der Waals surface area contributed by atoms with Crippen LogP contribution in [0.3, 0.4) is 0 Å². The minimum absolute atomic E-state index is 0.252. The fourth-order valence-corrected chi connectivity index (χ4v) is 2.82. The summed E-state index contributed by atoms with van der Waals surface area (Å²) in [6, 6.07) is 0.826. The fourth-order valence-electron chi connectivity index (χ4n) is 2.82. The van der Waals surface area contributed by atoms with E-state index in [0.29, 0.717) is 12.1 Å². The van der Waals surface area contributed by atoms with Gasteiger partial charge in [0.2, 0.25) is 5.96 Å². The van der Waals surface area contributed by atoms with E-state index >= 15 is 0 Å². The lowest BCUT2D eigenvalue weighted by atomic mass is 10.1. The summed E-state index contributed by atoms with van der Waals surface area (Å²) in [6.45, 7) is 2.94. The van der Waals surface area contributed by atoms with Gasteiger partial charge in [0, 0.05) is 13.7 Å². The van der Waals surface area contributed by atoms with Crippen molar-refractivity contribution < 1.29 is 4.74 Å². The molecule has 0 bridgehead atoms. The van der Waals surface area contributed by atoms with Gasteiger partial charge in [0.25, 0.3) is 0 Å².